The van der Waals surface area contributed by atoms with Crippen molar-refractivity contribution in [2.75, 3.05) is 36.0 Å². The fraction of sp³-hybridized carbons (Fsp3) is 0.294. The second kappa shape index (κ2) is 6.20. The summed E-state index contributed by atoms with van der Waals surface area (Å²) in [6, 6.07) is 7.81. The molecule has 0 N–H and O–H groups in total. The molecule has 0 spiro atoms. The molecular formula is C17H17ClN6. The smallest absolute Gasteiger partial charge is 0.158 e. The molecule has 1 aliphatic heterocycles. The molecule has 24 heavy (non-hydrogen) atoms. The average Bonchev–Trinajstić information content (AvgIpc) is 2.62. The molecule has 1 aliphatic rings. The highest BCUT2D eigenvalue weighted by molar-refractivity contribution is 6.30. The molecule has 1 saturated heterocycles. The minimum atomic E-state index is 0.659. The zero-order valence-electron chi connectivity index (χ0n) is 13.4. The SMILES string of the molecule is Cc1ccc2ncnc(N3CCN(c4ccc(Cl)cn4)CC3)c2n1. The number of rotatable bonds is 2. The van der Waals surface area contributed by atoms with E-state index in [0.717, 1.165) is 54.5 Å². The van der Waals surface area contributed by atoms with Crippen molar-refractivity contribution >= 4 is 34.3 Å². The standard InChI is InChI=1S/C17H17ClN6/c1-12-2-4-14-16(22-12)17(21-11-20-14)24-8-6-23(7-9-24)15-5-3-13(18)10-19-15/h2-5,10-11H,6-9H2,1H3. The van der Waals surface area contributed by atoms with Gasteiger partial charge in [-0.05, 0) is 31.2 Å². The van der Waals surface area contributed by atoms with E-state index < -0.39 is 0 Å². The first-order valence-electron chi connectivity index (χ1n) is 7.90. The minimum Gasteiger partial charge on any atom is -0.353 e. The number of pyridine rings is 2. The molecule has 0 amide bonds. The number of halogens is 1. The summed E-state index contributed by atoms with van der Waals surface area (Å²) in [5.41, 5.74) is 2.73. The Hall–Kier alpha value is -2.47. The van der Waals surface area contributed by atoms with Crippen LogP contribution < -0.4 is 9.80 Å². The van der Waals surface area contributed by atoms with E-state index in [4.69, 9.17) is 11.6 Å². The number of piperazine rings is 1. The normalized spacial score (nSPS) is 15.1. The van der Waals surface area contributed by atoms with Crippen LogP contribution in [0.15, 0.2) is 36.8 Å². The number of hydrogen-bond acceptors (Lipinski definition) is 6. The lowest BCUT2D eigenvalue weighted by Gasteiger charge is -2.36. The van der Waals surface area contributed by atoms with Crippen molar-refractivity contribution in [3.8, 4) is 0 Å². The number of aryl methyl sites for hydroxylation is 1. The van der Waals surface area contributed by atoms with Crippen molar-refractivity contribution in [3.05, 3.63) is 47.5 Å². The molecule has 6 nitrogen and oxygen atoms in total. The van der Waals surface area contributed by atoms with Crippen LogP contribution in [-0.2, 0) is 0 Å². The molecule has 0 aromatic carbocycles. The molecule has 0 saturated carbocycles. The Balaban J connectivity index is 1.56. The van der Waals surface area contributed by atoms with Crippen molar-refractivity contribution in [3.63, 3.8) is 0 Å². The van der Waals surface area contributed by atoms with Gasteiger partial charge in [-0.15, -0.1) is 0 Å². The van der Waals surface area contributed by atoms with Gasteiger partial charge in [-0.1, -0.05) is 11.6 Å². The van der Waals surface area contributed by atoms with Crippen molar-refractivity contribution in [2.45, 2.75) is 6.92 Å². The van der Waals surface area contributed by atoms with Crippen LogP contribution in [0.5, 0.6) is 0 Å². The second-order valence-electron chi connectivity index (χ2n) is 5.83. The Labute approximate surface area is 145 Å². The lowest BCUT2D eigenvalue weighted by molar-refractivity contribution is 0.642. The van der Waals surface area contributed by atoms with Gasteiger partial charge in [0.15, 0.2) is 5.82 Å². The van der Waals surface area contributed by atoms with Crippen LogP contribution in [0.3, 0.4) is 0 Å². The summed E-state index contributed by atoms with van der Waals surface area (Å²) in [5, 5.41) is 0.659. The summed E-state index contributed by atoms with van der Waals surface area (Å²) >= 11 is 5.91. The Morgan fingerprint density at radius 2 is 1.71 bits per heavy atom. The second-order valence-corrected chi connectivity index (χ2v) is 6.26. The Morgan fingerprint density at radius 3 is 2.46 bits per heavy atom. The van der Waals surface area contributed by atoms with Crippen LogP contribution in [0.4, 0.5) is 11.6 Å². The predicted molar refractivity (Wildman–Crippen MR) is 95.7 cm³/mol. The number of fused-ring (bicyclic) bond motifs is 1. The summed E-state index contributed by atoms with van der Waals surface area (Å²) in [6.07, 6.45) is 3.30. The molecule has 0 unspecified atom stereocenters. The summed E-state index contributed by atoms with van der Waals surface area (Å²) in [6.45, 7) is 5.48. The molecular weight excluding hydrogens is 324 g/mol. The topological polar surface area (TPSA) is 58.0 Å². The van der Waals surface area contributed by atoms with Gasteiger partial charge in [-0.3, -0.25) is 0 Å². The van der Waals surface area contributed by atoms with Crippen molar-refractivity contribution in [1.29, 1.82) is 0 Å². The maximum Gasteiger partial charge on any atom is 0.158 e. The molecule has 0 aliphatic carbocycles. The van der Waals surface area contributed by atoms with Gasteiger partial charge >= 0.3 is 0 Å². The first kappa shape index (κ1) is 15.1. The first-order chi connectivity index (χ1) is 11.7. The highest BCUT2D eigenvalue weighted by atomic mass is 35.5. The summed E-state index contributed by atoms with van der Waals surface area (Å²) in [5.74, 6) is 1.87. The van der Waals surface area contributed by atoms with Crippen molar-refractivity contribution in [1.82, 2.24) is 19.9 Å². The minimum absolute atomic E-state index is 0.659. The first-order valence-corrected chi connectivity index (χ1v) is 8.28. The molecule has 4 rings (SSSR count). The maximum absolute atomic E-state index is 5.91. The monoisotopic (exact) mass is 340 g/mol. The van der Waals surface area contributed by atoms with E-state index in [1.54, 1.807) is 12.5 Å². The van der Waals surface area contributed by atoms with E-state index in [-0.39, 0.29) is 0 Å². The number of aromatic nitrogens is 4. The van der Waals surface area contributed by atoms with Gasteiger partial charge in [-0.2, -0.15) is 0 Å². The van der Waals surface area contributed by atoms with E-state index in [0.29, 0.717) is 5.02 Å². The molecule has 3 aromatic rings. The van der Waals surface area contributed by atoms with Gasteiger partial charge in [0, 0.05) is 38.1 Å². The van der Waals surface area contributed by atoms with E-state index in [1.807, 2.05) is 31.2 Å². The molecule has 3 aromatic heterocycles. The fourth-order valence-corrected chi connectivity index (χ4v) is 3.07. The quantitative estimate of drug-likeness (QED) is 0.715. The number of nitrogens with zero attached hydrogens (tertiary/aromatic N) is 6. The van der Waals surface area contributed by atoms with Crippen LogP contribution in [0.25, 0.3) is 11.0 Å². The number of anilines is 2. The van der Waals surface area contributed by atoms with Crippen LogP contribution in [-0.4, -0.2) is 46.1 Å². The van der Waals surface area contributed by atoms with Crippen molar-refractivity contribution in [2.24, 2.45) is 0 Å². The molecule has 0 radical (unpaired) electrons. The third-order valence-corrected chi connectivity index (χ3v) is 4.44. The Bertz CT molecular complexity index is 859. The van der Waals surface area contributed by atoms with E-state index >= 15 is 0 Å². The summed E-state index contributed by atoms with van der Waals surface area (Å²) in [7, 11) is 0. The van der Waals surface area contributed by atoms with Gasteiger partial charge in [0.1, 0.15) is 17.7 Å². The average molecular weight is 341 g/mol. The maximum atomic E-state index is 5.91. The predicted octanol–water partition coefficient (Wildman–Crippen LogP) is 2.71. The Morgan fingerprint density at radius 1 is 0.917 bits per heavy atom. The van der Waals surface area contributed by atoms with Gasteiger partial charge in [0.05, 0.1) is 10.5 Å². The number of hydrogen-bond donors (Lipinski definition) is 0. The lowest BCUT2D eigenvalue weighted by Crippen LogP contribution is -2.47. The molecule has 122 valence electrons. The van der Waals surface area contributed by atoms with Crippen LogP contribution in [0.1, 0.15) is 5.69 Å². The van der Waals surface area contributed by atoms with E-state index in [9.17, 15) is 0 Å². The molecule has 4 heterocycles. The van der Waals surface area contributed by atoms with E-state index in [2.05, 4.69) is 29.7 Å². The van der Waals surface area contributed by atoms with E-state index in [1.165, 1.54) is 0 Å². The molecule has 0 atom stereocenters. The molecule has 0 bridgehead atoms. The summed E-state index contributed by atoms with van der Waals surface area (Å²) in [4.78, 5) is 22.4. The molecule has 1 fully saturated rings. The van der Waals surface area contributed by atoms with Gasteiger partial charge in [0.25, 0.3) is 0 Å². The highest BCUT2D eigenvalue weighted by Gasteiger charge is 2.21. The zero-order valence-corrected chi connectivity index (χ0v) is 14.1. The third-order valence-electron chi connectivity index (χ3n) is 4.22. The molecule has 7 heteroatoms. The van der Waals surface area contributed by atoms with Gasteiger partial charge < -0.3 is 9.80 Å². The summed E-state index contributed by atoms with van der Waals surface area (Å²) < 4.78 is 0. The van der Waals surface area contributed by atoms with Gasteiger partial charge in [-0.25, -0.2) is 19.9 Å². The third kappa shape index (κ3) is 2.85. The van der Waals surface area contributed by atoms with Crippen LogP contribution in [0, 0.1) is 6.92 Å². The van der Waals surface area contributed by atoms with Crippen molar-refractivity contribution < 1.29 is 0 Å². The Kier molecular flexibility index (Phi) is 3.90. The lowest BCUT2D eigenvalue weighted by atomic mass is 10.2. The largest absolute Gasteiger partial charge is 0.353 e. The van der Waals surface area contributed by atoms with Gasteiger partial charge in [0.2, 0.25) is 0 Å². The fourth-order valence-electron chi connectivity index (χ4n) is 2.96. The highest BCUT2D eigenvalue weighted by Crippen LogP contribution is 2.24. The van der Waals surface area contributed by atoms with Crippen LogP contribution in [0.2, 0.25) is 5.02 Å². The van der Waals surface area contributed by atoms with Crippen LogP contribution >= 0.6 is 11.6 Å². The zero-order chi connectivity index (χ0) is 16.5.